The van der Waals surface area contributed by atoms with Crippen molar-refractivity contribution in [2.24, 2.45) is 0 Å². The predicted octanol–water partition coefficient (Wildman–Crippen LogP) is 3.47. The molecule has 0 radical (unpaired) electrons. The SMILES string of the molecule is Cc1noc(CCc2ccc(Cl)cc2Cl)n1. The van der Waals surface area contributed by atoms with Crippen molar-refractivity contribution >= 4 is 23.2 Å². The van der Waals surface area contributed by atoms with E-state index in [4.69, 9.17) is 27.7 Å². The molecule has 0 unspecified atom stereocenters. The van der Waals surface area contributed by atoms with Crippen molar-refractivity contribution in [1.82, 2.24) is 10.1 Å². The fraction of sp³-hybridized carbons (Fsp3) is 0.273. The van der Waals surface area contributed by atoms with Gasteiger partial charge in [-0.1, -0.05) is 34.4 Å². The Hall–Kier alpha value is -1.06. The van der Waals surface area contributed by atoms with Crippen LogP contribution < -0.4 is 0 Å². The van der Waals surface area contributed by atoms with Gasteiger partial charge >= 0.3 is 0 Å². The summed E-state index contributed by atoms with van der Waals surface area (Å²) in [5, 5.41) is 5.04. The maximum absolute atomic E-state index is 6.05. The van der Waals surface area contributed by atoms with Gasteiger partial charge in [-0.25, -0.2) is 0 Å². The maximum atomic E-state index is 6.05. The van der Waals surface area contributed by atoms with E-state index in [9.17, 15) is 0 Å². The van der Waals surface area contributed by atoms with Gasteiger partial charge in [-0.15, -0.1) is 0 Å². The topological polar surface area (TPSA) is 38.9 Å². The highest BCUT2D eigenvalue weighted by molar-refractivity contribution is 6.35. The molecule has 0 aliphatic heterocycles. The molecule has 0 saturated carbocycles. The molecule has 0 amide bonds. The summed E-state index contributed by atoms with van der Waals surface area (Å²) < 4.78 is 5.02. The second-order valence-electron chi connectivity index (χ2n) is 3.47. The molecule has 16 heavy (non-hydrogen) atoms. The van der Waals surface area contributed by atoms with Crippen LogP contribution in [0.1, 0.15) is 17.3 Å². The summed E-state index contributed by atoms with van der Waals surface area (Å²) in [7, 11) is 0. The van der Waals surface area contributed by atoms with Crippen LogP contribution in [0.3, 0.4) is 0 Å². The number of halogens is 2. The molecule has 2 aromatic rings. The van der Waals surface area contributed by atoms with Crippen LogP contribution in [0.5, 0.6) is 0 Å². The van der Waals surface area contributed by atoms with Gasteiger partial charge in [-0.05, 0) is 31.0 Å². The zero-order valence-electron chi connectivity index (χ0n) is 8.70. The van der Waals surface area contributed by atoms with Gasteiger partial charge in [0.05, 0.1) is 0 Å². The van der Waals surface area contributed by atoms with Crippen molar-refractivity contribution in [3.63, 3.8) is 0 Å². The van der Waals surface area contributed by atoms with Crippen LogP contribution in [0.2, 0.25) is 10.0 Å². The fourth-order valence-electron chi connectivity index (χ4n) is 1.41. The molecule has 1 aromatic carbocycles. The average molecular weight is 257 g/mol. The van der Waals surface area contributed by atoms with Gasteiger partial charge in [0.1, 0.15) is 0 Å². The van der Waals surface area contributed by atoms with Crippen molar-refractivity contribution in [3.8, 4) is 0 Å². The second kappa shape index (κ2) is 4.85. The average Bonchev–Trinajstić information content (AvgIpc) is 2.63. The third kappa shape index (κ3) is 2.74. The molecule has 5 heteroatoms. The molecule has 0 bridgehead atoms. The second-order valence-corrected chi connectivity index (χ2v) is 4.31. The van der Waals surface area contributed by atoms with Crippen LogP contribution in [0.4, 0.5) is 0 Å². The van der Waals surface area contributed by atoms with Crippen LogP contribution >= 0.6 is 23.2 Å². The van der Waals surface area contributed by atoms with Gasteiger partial charge < -0.3 is 4.52 Å². The number of nitrogens with zero attached hydrogens (tertiary/aromatic N) is 2. The van der Waals surface area contributed by atoms with E-state index >= 15 is 0 Å². The number of hydrogen-bond acceptors (Lipinski definition) is 3. The Morgan fingerprint density at radius 1 is 1.25 bits per heavy atom. The molecule has 0 aliphatic rings. The van der Waals surface area contributed by atoms with E-state index in [0.717, 1.165) is 12.0 Å². The Balaban J connectivity index is 2.04. The zero-order valence-corrected chi connectivity index (χ0v) is 10.2. The van der Waals surface area contributed by atoms with E-state index in [-0.39, 0.29) is 0 Å². The summed E-state index contributed by atoms with van der Waals surface area (Å²) in [5.41, 5.74) is 1.03. The Morgan fingerprint density at radius 3 is 2.69 bits per heavy atom. The highest BCUT2D eigenvalue weighted by atomic mass is 35.5. The molecule has 0 spiro atoms. The first-order valence-corrected chi connectivity index (χ1v) is 5.64. The van der Waals surface area contributed by atoms with Crippen LogP contribution in [0, 0.1) is 6.92 Å². The first-order chi connectivity index (χ1) is 7.65. The van der Waals surface area contributed by atoms with E-state index in [1.807, 2.05) is 12.1 Å². The predicted molar refractivity (Wildman–Crippen MR) is 62.9 cm³/mol. The molecule has 0 atom stereocenters. The minimum atomic E-state index is 0.628. The third-order valence-electron chi connectivity index (χ3n) is 2.19. The lowest BCUT2D eigenvalue weighted by Crippen LogP contribution is -1.92. The molecule has 1 aromatic heterocycles. The Morgan fingerprint density at radius 2 is 2.06 bits per heavy atom. The number of aromatic nitrogens is 2. The molecule has 3 nitrogen and oxygen atoms in total. The number of benzene rings is 1. The first kappa shape index (κ1) is 11.4. The van der Waals surface area contributed by atoms with E-state index in [0.29, 0.717) is 28.2 Å². The Kier molecular flexibility index (Phi) is 3.46. The maximum Gasteiger partial charge on any atom is 0.226 e. The smallest absolute Gasteiger partial charge is 0.226 e. The lowest BCUT2D eigenvalue weighted by molar-refractivity contribution is 0.375. The summed E-state index contributed by atoms with van der Waals surface area (Å²) in [6, 6.07) is 5.47. The highest BCUT2D eigenvalue weighted by Crippen LogP contribution is 2.22. The largest absolute Gasteiger partial charge is 0.339 e. The lowest BCUT2D eigenvalue weighted by Gasteiger charge is -2.02. The number of hydrogen-bond donors (Lipinski definition) is 0. The van der Waals surface area contributed by atoms with Crippen molar-refractivity contribution in [1.29, 1.82) is 0 Å². The molecule has 0 N–H and O–H groups in total. The minimum absolute atomic E-state index is 0.628. The van der Waals surface area contributed by atoms with Crippen LogP contribution in [-0.2, 0) is 12.8 Å². The van der Waals surface area contributed by atoms with Gasteiger partial charge in [0, 0.05) is 16.5 Å². The fourth-order valence-corrected chi connectivity index (χ4v) is 1.91. The number of rotatable bonds is 3. The third-order valence-corrected chi connectivity index (χ3v) is 2.78. The van der Waals surface area contributed by atoms with Gasteiger partial charge in [0.25, 0.3) is 0 Å². The Bertz CT molecular complexity index is 496. The van der Waals surface area contributed by atoms with Crippen molar-refractivity contribution in [3.05, 3.63) is 45.5 Å². The van der Waals surface area contributed by atoms with E-state index in [1.54, 1.807) is 13.0 Å². The molecular weight excluding hydrogens is 247 g/mol. The number of aryl methyl sites for hydroxylation is 3. The molecule has 0 aliphatic carbocycles. The van der Waals surface area contributed by atoms with E-state index in [2.05, 4.69) is 10.1 Å². The molecule has 0 fully saturated rings. The summed E-state index contributed by atoms with van der Waals surface area (Å²) >= 11 is 11.9. The molecular formula is C11H10Cl2N2O. The van der Waals surface area contributed by atoms with Crippen molar-refractivity contribution in [2.45, 2.75) is 19.8 Å². The molecule has 2 rings (SSSR count). The molecule has 84 valence electrons. The van der Waals surface area contributed by atoms with Crippen LogP contribution in [0.15, 0.2) is 22.7 Å². The normalized spacial score (nSPS) is 10.7. The zero-order chi connectivity index (χ0) is 11.5. The van der Waals surface area contributed by atoms with Gasteiger partial charge in [-0.3, -0.25) is 0 Å². The van der Waals surface area contributed by atoms with E-state index < -0.39 is 0 Å². The van der Waals surface area contributed by atoms with E-state index in [1.165, 1.54) is 0 Å². The van der Waals surface area contributed by atoms with Crippen LogP contribution in [0.25, 0.3) is 0 Å². The van der Waals surface area contributed by atoms with Gasteiger partial charge in [0.2, 0.25) is 5.89 Å². The highest BCUT2D eigenvalue weighted by Gasteiger charge is 2.06. The Labute approximate surface area is 103 Å². The summed E-state index contributed by atoms with van der Waals surface area (Å²) in [5.74, 6) is 1.28. The standard InChI is InChI=1S/C11H10Cl2N2O/c1-7-14-11(16-15-7)5-3-8-2-4-9(12)6-10(8)13/h2,4,6H,3,5H2,1H3. The van der Waals surface area contributed by atoms with Crippen molar-refractivity contribution in [2.75, 3.05) is 0 Å². The summed E-state index contributed by atoms with van der Waals surface area (Å²) in [6.45, 7) is 1.79. The minimum Gasteiger partial charge on any atom is -0.339 e. The quantitative estimate of drug-likeness (QED) is 0.845. The first-order valence-electron chi connectivity index (χ1n) is 4.88. The summed E-state index contributed by atoms with van der Waals surface area (Å²) in [6.07, 6.45) is 1.44. The van der Waals surface area contributed by atoms with Crippen molar-refractivity contribution < 1.29 is 4.52 Å². The lowest BCUT2D eigenvalue weighted by atomic mass is 10.1. The van der Waals surface area contributed by atoms with Gasteiger partial charge in [0.15, 0.2) is 5.82 Å². The summed E-state index contributed by atoms with van der Waals surface area (Å²) in [4.78, 5) is 4.13. The monoisotopic (exact) mass is 256 g/mol. The van der Waals surface area contributed by atoms with Crippen LogP contribution in [-0.4, -0.2) is 10.1 Å². The molecule has 0 saturated heterocycles. The van der Waals surface area contributed by atoms with Gasteiger partial charge in [-0.2, -0.15) is 4.98 Å². The molecule has 1 heterocycles.